The molecule has 0 spiro atoms. The molecular formula is C18H25N5O3. The van der Waals surface area contributed by atoms with Gasteiger partial charge in [-0.05, 0) is 24.6 Å². The van der Waals surface area contributed by atoms with Crippen LogP contribution in [0.25, 0.3) is 0 Å². The van der Waals surface area contributed by atoms with Crippen molar-refractivity contribution >= 4 is 29.3 Å². The third-order valence-electron chi connectivity index (χ3n) is 4.79. The monoisotopic (exact) mass is 359 g/mol. The first kappa shape index (κ1) is 18.0. The number of nitrogens with zero attached hydrogens (tertiary/aromatic N) is 2. The maximum Gasteiger partial charge on any atom is 0.321 e. The van der Waals surface area contributed by atoms with Crippen LogP contribution in [0.1, 0.15) is 19.4 Å². The summed E-state index contributed by atoms with van der Waals surface area (Å²) in [6.07, 6.45) is 0. The average Bonchev–Trinajstić information content (AvgIpc) is 2.98. The van der Waals surface area contributed by atoms with E-state index in [1.807, 2.05) is 32.9 Å². The van der Waals surface area contributed by atoms with E-state index < -0.39 is 0 Å². The second-order valence-corrected chi connectivity index (χ2v) is 7.08. The SMILES string of the molecule is Cc1ccc(NC(=O)C(C)C)cc1NC(=O)N1CCN2C(=O)NC[C@H]2C1. The van der Waals surface area contributed by atoms with Crippen molar-refractivity contribution in [2.45, 2.75) is 26.8 Å². The molecule has 2 fully saturated rings. The van der Waals surface area contributed by atoms with Gasteiger partial charge in [-0.15, -0.1) is 0 Å². The maximum absolute atomic E-state index is 12.6. The van der Waals surface area contributed by atoms with Crippen LogP contribution in [0.15, 0.2) is 18.2 Å². The summed E-state index contributed by atoms with van der Waals surface area (Å²) in [6, 6.07) is 5.23. The fourth-order valence-electron chi connectivity index (χ4n) is 3.10. The Hall–Kier alpha value is -2.77. The number of piperazine rings is 1. The molecule has 2 heterocycles. The van der Waals surface area contributed by atoms with Crippen LogP contribution < -0.4 is 16.0 Å². The third kappa shape index (κ3) is 3.74. The van der Waals surface area contributed by atoms with Gasteiger partial charge >= 0.3 is 12.1 Å². The Labute approximate surface area is 152 Å². The van der Waals surface area contributed by atoms with Crippen molar-refractivity contribution in [1.82, 2.24) is 15.1 Å². The minimum absolute atomic E-state index is 0.0276. The standard InChI is InChI=1S/C18H25N5O3/c1-11(2)16(24)20-13-5-4-12(3)15(8-13)21-18(26)22-6-7-23-14(10-22)9-19-17(23)25/h4-5,8,11,14H,6-7,9-10H2,1-3H3,(H,19,25)(H,20,24)(H,21,26)/t14-/m0/s1. The van der Waals surface area contributed by atoms with Gasteiger partial charge in [-0.3, -0.25) is 4.79 Å². The Morgan fingerprint density at radius 3 is 2.73 bits per heavy atom. The van der Waals surface area contributed by atoms with E-state index in [0.717, 1.165) is 5.56 Å². The summed E-state index contributed by atoms with van der Waals surface area (Å²) < 4.78 is 0. The molecule has 26 heavy (non-hydrogen) atoms. The molecule has 0 aliphatic carbocycles. The second kappa shape index (κ2) is 7.23. The summed E-state index contributed by atoms with van der Waals surface area (Å²) in [5, 5.41) is 8.57. The Morgan fingerprint density at radius 2 is 2.00 bits per heavy atom. The van der Waals surface area contributed by atoms with E-state index in [1.54, 1.807) is 15.9 Å². The van der Waals surface area contributed by atoms with Crippen molar-refractivity contribution in [3.8, 4) is 0 Å². The zero-order chi connectivity index (χ0) is 18.8. The number of anilines is 2. The van der Waals surface area contributed by atoms with Crippen molar-refractivity contribution in [3.63, 3.8) is 0 Å². The van der Waals surface area contributed by atoms with E-state index in [-0.39, 0.29) is 29.9 Å². The number of carbonyl (C=O) groups is 3. The van der Waals surface area contributed by atoms with Crippen LogP contribution in [0, 0.1) is 12.8 Å². The van der Waals surface area contributed by atoms with Crippen molar-refractivity contribution in [2.24, 2.45) is 5.92 Å². The number of fused-ring (bicyclic) bond motifs is 1. The highest BCUT2D eigenvalue weighted by Crippen LogP contribution is 2.22. The van der Waals surface area contributed by atoms with E-state index in [2.05, 4.69) is 16.0 Å². The number of aryl methyl sites for hydroxylation is 1. The lowest BCUT2D eigenvalue weighted by atomic mass is 10.1. The largest absolute Gasteiger partial charge is 0.336 e. The molecular weight excluding hydrogens is 334 g/mol. The summed E-state index contributed by atoms with van der Waals surface area (Å²) in [7, 11) is 0. The average molecular weight is 359 g/mol. The summed E-state index contributed by atoms with van der Waals surface area (Å²) in [6.45, 7) is 7.67. The van der Waals surface area contributed by atoms with Gasteiger partial charge in [0.05, 0.1) is 6.04 Å². The minimum atomic E-state index is -0.195. The van der Waals surface area contributed by atoms with Crippen LogP contribution in [0.3, 0.4) is 0 Å². The number of nitrogens with one attached hydrogen (secondary N) is 3. The van der Waals surface area contributed by atoms with Crippen LogP contribution in [0.2, 0.25) is 0 Å². The molecule has 2 aliphatic rings. The molecule has 5 amide bonds. The fraction of sp³-hybridized carbons (Fsp3) is 0.500. The summed E-state index contributed by atoms with van der Waals surface area (Å²) >= 11 is 0. The molecule has 3 rings (SSSR count). The number of amides is 5. The van der Waals surface area contributed by atoms with Gasteiger partial charge < -0.3 is 25.8 Å². The smallest absolute Gasteiger partial charge is 0.321 e. The molecule has 8 nitrogen and oxygen atoms in total. The highest BCUT2D eigenvalue weighted by Gasteiger charge is 2.36. The van der Waals surface area contributed by atoms with Gasteiger partial charge in [0, 0.05) is 43.5 Å². The van der Waals surface area contributed by atoms with Crippen LogP contribution in [-0.4, -0.2) is 60.0 Å². The minimum Gasteiger partial charge on any atom is -0.336 e. The zero-order valence-corrected chi connectivity index (χ0v) is 15.3. The Kier molecular flexibility index (Phi) is 5.01. The van der Waals surface area contributed by atoms with Crippen molar-refractivity contribution in [3.05, 3.63) is 23.8 Å². The van der Waals surface area contributed by atoms with Crippen LogP contribution >= 0.6 is 0 Å². The summed E-state index contributed by atoms with van der Waals surface area (Å²) in [5.74, 6) is -0.186. The maximum atomic E-state index is 12.6. The van der Waals surface area contributed by atoms with E-state index >= 15 is 0 Å². The lowest BCUT2D eigenvalue weighted by Gasteiger charge is -2.36. The third-order valence-corrected chi connectivity index (χ3v) is 4.79. The zero-order valence-electron chi connectivity index (χ0n) is 15.3. The Bertz CT molecular complexity index is 734. The molecule has 2 saturated heterocycles. The normalized spacial score (nSPS) is 19.2. The van der Waals surface area contributed by atoms with Crippen LogP contribution in [-0.2, 0) is 4.79 Å². The van der Waals surface area contributed by atoms with E-state index in [0.29, 0.717) is 37.6 Å². The van der Waals surface area contributed by atoms with E-state index in [9.17, 15) is 14.4 Å². The van der Waals surface area contributed by atoms with Crippen LogP contribution in [0.4, 0.5) is 21.0 Å². The van der Waals surface area contributed by atoms with Gasteiger partial charge in [0.2, 0.25) is 5.91 Å². The lowest BCUT2D eigenvalue weighted by Crippen LogP contribution is -2.54. The molecule has 1 aromatic rings. The van der Waals surface area contributed by atoms with Crippen molar-refractivity contribution < 1.29 is 14.4 Å². The van der Waals surface area contributed by atoms with Crippen molar-refractivity contribution in [1.29, 1.82) is 0 Å². The Balaban J connectivity index is 1.65. The molecule has 0 saturated carbocycles. The predicted molar refractivity (Wildman–Crippen MR) is 99.1 cm³/mol. The molecule has 0 bridgehead atoms. The molecule has 0 aromatic heterocycles. The highest BCUT2D eigenvalue weighted by molar-refractivity contribution is 5.95. The second-order valence-electron chi connectivity index (χ2n) is 7.08. The first-order chi connectivity index (χ1) is 12.3. The predicted octanol–water partition coefficient (Wildman–Crippen LogP) is 1.83. The quantitative estimate of drug-likeness (QED) is 0.768. The molecule has 1 aromatic carbocycles. The topological polar surface area (TPSA) is 93.8 Å². The first-order valence-corrected chi connectivity index (χ1v) is 8.87. The summed E-state index contributed by atoms with van der Waals surface area (Å²) in [4.78, 5) is 39.7. The van der Waals surface area contributed by atoms with E-state index in [1.165, 1.54) is 0 Å². The van der Waals surface area contributed by atoms with Gasteiger partial charge in [-0.2, -0.15) is 0 Å². The number of hydrogen-bond donors (Lipinski definition) is 3. The van der Waals surface area contributed by atoms with Gasteiger partial charge in [0.25, 0.3) is 0 Å². The van der Waals surface area contributed by atoms with Gasteiger partial charge in [-0.25, -0.2) is 9.59 Å². The molecule has 1 atom stereocenters. The highest BCUT2D eigenvalue weighted by atomic mass is 16.2. The fourth-order valence-corrected chi connectivity index (χ4v) is 3.10. The number of urea groups is 2. The molecule has 8 heteroatoms. The lowest BCUT2D eigenvalue weighted by molar-refractivity contribution is -0.118. The van der Waals surface area contributed by atoms with Gasteiger partial charge in [-0.1, -0.05) is 19.9 Å². The van der Waals surface area contributed by atoms with Crippen molar-refractivity contribution in [2.75, 3.05) is 36.8 Å². The number of benzene rings is 1. The number of rotatable bonds is 3. The number of hydrogen-bond acceptors (Lipinski definition) is 3. The van der Waals surface area contributed by atoms with Gasteiger partial charge in [0.15, 0.2) is 0 Å². The first-order valence-electron chi connectivity index (χ1n) is 8.87. The summed E-state index contributed by atoms with van der Waals surface area (Å²) in [5.41, 5.74) is 2.23. The number of carbonyl (C=O) groups excluding carboxylic acids is 3. The van der Waals surface area contributed by atoms with E-state index in [4.69, 9.17) is 0 Å². The Morgan fingerprint density at radius 1 is 1.23 bits per heavy atom. The molecule has 0 unspecified atom stereocenters. The van der Waals surface area contributed by atoms with Crippen LogP contribution in [0.5, 0.6) is 0 Å². The molecule has 140 valence electrons. The molecule has 3 N–H and O–H groups in total. The van der Waals surface area contributed by atoms with Gasteiger partial charge in [0.1, 0.15) is 0 Å². The molecule has 0 radical (unpaired) electrons. The molecule has 2 aliphatic heterocycles.